The highest BCUT2D eigenvalue weighted by Gasteiger charge is 2.11. The number of hydrogen-bond donors (Lipinski definition) is 2. The summed E-state index contributed by atoms with van der Waals surface area (Å²) in [5.74, 6) is 0.969. The third kappa shape index (κ3) is 3.35. The lowest BCUT2D eigenvalue weighted by Crippen LogP contribution is -2.13. The lowest BCUT2D eigenvalue weighted by molar-refractivity contribution is -0.116. The maximum atomic E-state index is 11.4. The zero-order valence-corrected chi connectivity index (χ0v) is 10.2. The fourth-order valence-electron chi connectivity index (χ4n) is 1.46. The van der Waals surface area contributed by atoms with Crippen molar-refractivity contribution in [3.8, 4) is 11.5 Å². The smallest absolute Gasteiger partial charge is 0.226 e. The van der Waals surface area contributed by atoms with E-state index in [0.717, 1.165) is 5.56 Å². The molecular formula is C12H17NO4. The van der Waals surface area contributed by atoms with Crippen LogP contribution in [0, 0.1) is 6.92 Å². The minimum atomic E-state index is -0.267. The molecule has 0 aliphatic rings. The monoisotopic (exact) mass is 239 g/mol. The molecule has 1 aromatic carbocycles. The van der Waals surface area contributed by atoms with Gasteiger partial charge in [0.2, 0.25) is 5.91 Å². The molecule has 1 aromatic rings. The number of amides is 1. The zero-order valence-electron chi connectivity index (χ0n) is 10.2. The second-order valence-corrected chi connectivity index (χ2v) is 3.54. The van der Waals surface area contributed by atoms with E-state index in [2.05, 4.69) is 5.32 Å². The lowest BCUT2D eigenvalue weighted by Gasteiger charge is -2.13. The van der Waals surface area contributed by atoms with Crippen molar-refractivity contribution in [1.82, 2.24) is 0 Å². The molecule has 2 N–H and O–H groups in total. The highest BCUT2D eigenvalue weighted by atomic mass is 16.5. The second kappa shape index (κ2) is 6.10. The highest BCUT2D eigenvalue weighted by molar-refractivity contribution is 5.92. The van der Waals surface area contributed by atoms with Crippen molar-refractivity contribution < 1.29 is 19.4 Å². The van der Waals surface area contributed by atoms with Gasteiger partial charge < -0.3 is 19.9 Å². The summed E-state index contributed by atoms with van der Waals surface area (Å²) < 4.78 is 10.3. The van der Waals surface area contributed by atoms with Crippen LogP contribution in [0.3, 0.4) is 0 Å². The second-order valence-electron chi connectivity index (χ2n) is 3.54. The summed E-state index contributed by atoms with van der Waals surface area (Å²) in [4.78, 5) is 11.4. The van der Waals surface area contributed by atoms with Crippen molar-refractivity contribution in [3.63, 3.8) is 0 Å². The molecule has 0 bridgehead atoms. The number of anilines is 1. The zero-order chi connectivity index (χ0) is 12.8. The minimum Gasteiger partial charge on any atom is -0.496 e. The molecule has 0 fully saturated rings. The summed E-state index contributed by atoms with van der Waals surface area (Å²) in [6.07, 6.45) is 0.0549. The van der Waals surface area contributed by atoms with Crippen LogP contribution in [0.15, 0.2) is 12.1 Å². The van der Waals surface area contributed by atoms with E-state index in [1.807, 2.05) is 6.92 Å². The van der Waals surface area contributed by atoms with Crippen LogP contribution in [0.25, 0.3) is 0 Å². The Labute approximate surface area is 100 Å². The molecule has 0 spiro atoms. The number of aliphatic hydroxyl groups is 1. The van der Waals surface area contributed by atoms with Gasteiger partial charge in [0.1, 0.15) is 11.5 Å². The van der Waals surface area contributed by atoms with E-state index in [9.17, 15) is 4.79 Å². The van der Waals surface area contributed by atoms with E-state index in [-0.39, 0.29) is 18.9 Å². The maximum absolute atomic E-state index is 11.4. The Hall–Kier alpha value is -1.75. The number of carbonyl (C=O) groups is 1. The molecule has 0 unspecified atom stereocenters. The fraction of sp³-hybridized carbons (Fsp3) is 0.417. The lowest BCUT2D eigenvalue weighted by atomic mass is 10.2. The number of carbonyl (C=O) groups excluding carboxylic acids is 1. The van der Waals surface area contributed by atoms with Gasteiger partial charge in [0.05, 0.1) is 32.9 Å². The maximum Gasteiger partial charge on any atom is 0.226 e. The summed E-state index contributed by atoms with van der Waals surface area (Å²) in [5.41, 5.74) is 1.46. The van der Waals surface area contributed by atoms with Gasteiger partial charge in [-0.1, -0.05) is 0 Å². The SMILES string of the molecule is COc1cc(NC(=O)CCO)c(OC)cc1C. The first-order chi connectivity index (χ1) is 8.12. The molecule has 5 heteroatoms. The van der Waals surface area contributed by atoms with Gasteiger partial charge >= 0.3 is 0 Å². The van der Waals surface area contributed by atoms with Crippen molar-refractivity contribution in [2.45, 2.75) is 13.3 Å². The number of methoxy groups -OCH3 is 2. The van der Waals surface area contributed by atoms with Crippen LogP contribution in [0.1, 0.15) is 12.0 Å². The van der Waals surface area contributed by atoms with Gasteiger partial charge in [0.25, 0.3) is 0 Å². The summed E-state index contributed by atoms with van der Waals surface area (Å²) in [7, 11) is 3.09. The van der Waals surface area contributed by atoms with Crippen LogP contribution >= 0.6 is 0 Å². The van der Waals surface area contributed by atoms with Gasteiger partial charge in [0.15, 0.2) is 0 Å². The molecule has 0 aliphatic carbocycles. The fourth-order valence-corrected chi connectivity index (χ4v) is 1.46. The van der Waals surface area contributed by atoms with E-state index in [4.69, 9.17) is 14.6 Å². The van der Waals surface area contributed by atoms with Crippen LogP contribution in [0.2, 0.25) is 0 Å². The average Bonchev–Trinajstić information content (AvgIpc) is 2.31. The third-order valence-electron chi connectivity index (χ3n) is 2.33. The van der Waals surface area contributed by atoms with Crippen molar-refractivity contribution in [1.29, 1.82) is 0 Å². The molecule has 0 saturated carbocycles. The molecule has 0 aliphatic heterocycles. The average molecular weight is 239 g/mol. The predicted molar refractivity (Wildman–Crippen MR) is 64.6 cm³/mol. The number of aryl methyl sites for hydroxylation is 1. The molecular weight excluding hydrogens is 222 g/mol. The number of ether oxygens (including phenoxy) is 2. The molecule has 0 radical (unpaired) electrons. The van der Waals surface area contributed by atoms with Gasteiger partial charge in [-0.25, -0.2) is 0 Å². The molecule has 0 heterocycles. The topological polar surface area (TPSA) is 67.8 Å². The Bertz CT molecular complexity index is 404. The van der Waals surface area contributed by atoms with E-state index < -0.39 is 0 Å². The summed E-state index contributed by atoms with van der Waals surface area (Å²) in [6.45, 7) is 1.71. The van der Waals surface area contributed by atoms with Gasteiger partial charge in [0, 0.05) is 6.07 Å². The van der Waals surface area contributed by atoms with Crippen LogP contribution in [0.5, 0.6) is 11.5 Å². The summed E-state index contributed by atoms with van der Waals surface area (Å²) in [5, 5.41) is 11.3. The first kappa shape index (κ1) is 13.3. The summed E-state index contributed by atoms with van der Waals surface area (Å²) >= 11 is 0. The number of rotatable bonds is 5. The molecule has 0 aromatic heterocycles. The molecule has 0 atom stereocenters. The molecule has 1 amide bonds. The Kier molecular flexibility index (Phi) is 4.78. The number of hydrogen-bond acceptors (Lipinski definition) is 4. The minimum absolute atomic E-state index is 0.0549. The van der Waals surface area contributed by atoms with Crippen molar-refractivity contribution in [2.75, 3.05) is 26.1 Å². The van der Waals surface area contributed by atoms with Crippen LogP contribution < -0.4 is 14.8 Å². The highest BCUT2D eigenvalue weighted by Crippen LogP contribution is 2.32. The van der Waals surface area contributed by atoms with Gasteiger partial charge in [-0.05, 0) is 18.6 Å². The van der Waals surface area contributed by atoms with Gasteiger partial charge in [-0.3, -0.25) is 4.79 Å². The van der Waals surface area contributed by atoms with Crippen molar-refractivity contribution in [3.05, 3.63) is 17.7 Å². The molecule has 0 saturated heterocycles. The van der Waals surface area contributed by atoms with Crippen LogP contribution in [-0.4, -0.2) is 31.8 Å². The summed E-state index contributed by atoms with van der Waals surface area (Å²) in [6, 6.07) is 3.48. The Balaban J connectivity index is 2.99. The van der Waals surface area contributed by atoms with E-state index in [1.165, 1.54) is 7.11 Å². The number of benzene rings is 1. The first-order valence-corrected chi connectivity index (χ1v) is 5.25. The van der Waals surface area contributed by atoms with Crippen molar-refractivity contribution >= 4 is 11.6 Å². The first-order valence-electron chi connectivity index (χ1n) is 5.25. The predicted octanol–water partition coefficient (Wildman–Crippen LogP) is 1.33. The largest absolute Gasteiger partial charge is 0.496 e. The molecule has 1 rings (SSSR count). The van der Waals surface area contributed by atoms with Crippen LogP contribution in [0.4, 0.5) is 5.69 Å². The third-order valence-corrected chi connectivity index (χ3v) is 2.33. The van der Waals surface area contributed by atoms with Crippen LogP contribution in [-0.2, 0) is 4.79 Å². The van der Waals surface area contributed by atoms with Crippen molar-refractivity contribution in [2.24, 2.45) is 0 Å². The van der Waals surface area contributed by atoms with E-state index in [1.54, 1.807) is 19.2 Å². The number of nitrogens with one attached hydrogen (secondary N) is 1. The van der Waals surface area contributed by atoms with E-state index in [0.29, 0.717) is 17.2 Å². The number of aliphatic hydroxyl groups excluding tert-OH is 1. The van der Waals surface area contributed by atoms with Gasteiger partial charge in [-0.2, -0.15) is 0 Å². The van der Waals surface area contributed by atoms with Gasteiger partial charge in [-0.15, -0.1) is 0 Å². The molecule has 94 valence electrons. The Morgan fingerprint density at radius 2 is 1.94 bits per heavy atom. The Morgan fingerprint density at radius 3 is 2.47 bits per heavy atom. The normalized spacial score (nSPS) is 9.88. The molecule has 17 heavy (non-hydrogen) atoms. The van der Waals surface area contributed by atoms with E-state index >= 15 is 0 Å². The Morgan fingerprint density at radius 1 is 1.29 bits per heavy atom. The standard InChI is InChI=1S/C12H17NO4/c1-8-6-11(17-3)9(7-10(8)16-2)13-12(15)4-5-14/h6-7,14H,4-5H2,1-3H3,(H,13,15). The molecule has 5 nitrogen and oxygen atoms in total. The quantitative estimate of drug-likeness (QED) is 0.813.